The van der Waals surface area contributed by atoms with Gasteiger partial charge in [-0.15, -0.1) is 0 Å². The molecule has 1 amide bonds. The van der Waals surface area contributed by atoms with Crippen LogP contribution in [0.25, 0.3) is 17.2 Å². The molecule has 0 radical (unpaired) electrons. The van der Waals surface area contributed by atoms with Crippen LogP contribution in [0.2, 0.25) is 0 Å². The number of nitrogens with one attached hydrogen (secondary N) is 1. The third kappa shape index (κ3) is 4.22. The third-order valence-corrected chi connectivity index (χ3v) is 4.22. The number of anilines is 1. The topological polar surface area (TPSA) is 86.1 Å². The molecule has 0 saturated heterocycles. The summed E-state index contributed by atoms with van der Waals surface area (Å²) in [5.41, 5.74) is -3.80. The van der Waals surface area contributed by atoms with Gasteiger partial charge in [-0.05, 0) is 30.3 Å². The molecule has 0 aliphatic rings. The Kier molecular flexibility index (Phi) is 5.03. The van der Waals surface area contributed by atoms with Crippen LogP contribution in [0.5, 0.6) is 0 Å². The molecule has 3 heterocycles. The molecule has 0 aliphatic heterocycles. The van der Waals surface area contributed by atoms with Crippen molar-refractivity contribution in [1.82, 2.24) is 14.9 Å². The van der Waals surface area contributed by atoms with Crippen molar-refractivity contribution in [3.8, 4) is 17.2 Å². The van der Waals surface area contributed by atoms with Crippen LogP contribution in [0.4, 0.5) is 32.0 Å². The number of amides is 1. The molecule has 0 aliphatic carbocycles. The van der Waals surface area contributed by atoms with Crippen molar-refractivity contribution in [2.24, 2.45) is 0 Å². The van der Waals surface area contributed by atoms with Crippen LogP contribution in [-0.2, 0) is 12.4 Å². The van der Waals surface area contributed by atoms with Crippen molar-refractivity contribution in [1.29, 1.82) is 0 Å². The summed E-state index contributed by atoms with van der Waals surface area (Å²) < 4.78 is 89.4. The van der Waals surface area contributed by atoms with Gasteiger partial charge in [0.25, 0.3) is 5.91 Å². The van der Waals surface area contributed by atoms with Crippen molar-refractivity contribution in [3.63, 3.8) is 0 Å². The van der Waals surface area contributed by atoms with Crippen molar-refractivity contribution in [2.45, 2.75) is 12.4 Å². The van der Waals surface area contributed by atoms with Crippen LogP contribution < -0.4 is 5.32 Å². The number of aromatic nitrogens is 3. The zero-order chi connectivity index (χ0) is 23.1. The number of benzene rings is 1. The molecule has 1 aromatic carbocycles. The fraction of sp³-hybridized carbons (Fsp3) is 0.105. The highest BCUT2D eigenvalue weighted by molar-refractivity contribution is 6.03. The molecule has 32 heavy (non-hydrogen) atoms. The smallest absolute Gasteiger partial charge is 0.418 e. The Bertz CT molecular complexity index is 1250. The van der Waals surface area contributed by atoms with Crippen molar-refractivity contribution in [3.05, 3.63) is 71.9 Å². The monoisotopic (exact) mass is 456 g/mol. The Morgan fingerprint density at radius 2 is 1.78 bits per heavy atom. The van der Waals surface area contributed by atoms with Crippen molar-refractivity contribution in [2.75, 3.05) is 5.32 Å². The Hall–Kier alpha value is -4.03. The van der Waals surface area contributed by atoms with Gasteiger partial charge in [-0.25, -0.2) is 4.68 Å². The van der Waals surface area contributed by atoms with Gasteiger partial charge in [0.2, 0.25) is 5.76 Å². The van der Waals surface area contributed by atoms with Gasteiger partial charge in [0, 0.05) is 6.07 Å². The van der Waals surface area contributed by atoms with Gasteiger partial charge in [0.05, 0.1) is 41.2 Å². The van der Waals surface area contributed by atoms with E-state index in [0.29, 0.717) is 22.6 Å². The highest BCUT2D eigenvalue weighted by atomic mass is 19.4. The lowest BCUT2D eigenvalue weighted by molar-refractivity contribution is -0.143. The summed E-state index contributed by atoms with van der Waals surface area (Å²) in [6.45, 7) is 0. The molecule has 4 aromatic rings. The van der Waals surface area contributed by atoms with E-state index >= 15 is 0 Å². The van der Waals surface area contributed by atoms with E-state index < -0.39 is 35.1 Å². The number of rotatable bonds is 4. The normalized spacial score (nSPS) is 12.2. The van der Waals surface area contributed by atoms with Crippen LogP contribution >= 0.6 is 0 Å². The number of hydrogen-bond donors (Lipinski definition) is 1. The standard InChI is InChI=1S/C19H10F6N4O3/c20-18(21,22)10-3-4-14(12(6-10)19(23,24)25)29-9-11(8-26-29)27-17(30)13-7-16(32-28-13)15-2-1-5-31-15/h1-9H,(H,27,30). The van der Waals surface area contributed by atoms with Gasteiger partial charge in [-0.3, -0.25) is 4.79 Å². The molecular weight excluding hydrogens is 446 g/mol. The summed E-state index contributed by atoms with van der Waals surface area (Å²) in [5, 5.41) is 9.65. The maximum absolute atomic E-state index is 13.4. The summed E-state index contributed by atoms with van der Waals surface area (Å²) in [5.74, 6) is -0.253. The molecule has 7 nitrogen and oxygen atoms in total. The average molecular weight is 456 g/mol. The molecule has 0 unspecified atom stereocenters. The van der Waals surface area contributed by atoms with Crippen LogP contribution in [0.1, 0.15) is 21.6 Å². The second-order valence-electron chi connectivity index (χ2n) is 6.41. The molecule has 1 N–H and O–H groups in total. The fourth-order valence-corrected chi connectivity index (χ4v) is 2.77. The molecule has 4 rings (SSSR count). The van der Waals surface area contributed by atoms with E-state index in [1.54, 1.807) is 12.1 Å². The number of alkyl halides is 6. The first-order chi connectivity index (χ1) is 15.0. The maximum atomic E-state index is 13.4. The molecule has 0 spiro atoms. The largest absolute Gasteiger partial charge is 0.461 e. The predicted molar refractivity (Wildman–Crippen MR) is 95.7 cm³/mol. The minimum atomic E-state index is -5.07. The number of halogens is 6. The number of furan rings is 1. The number of carbonyl (C=O) groups excluding carboxylic acids is 1. The first-order valence-electron chi connectivity index (χ1n) is 8.68. The highest BCUT2D eigenvalue weighted by Gasteiger charge is 2.38. The van der Waals surface area contributed by atoms with E-state index in [1.165, 1.54) is 12.3 Å². The maximum Gasteiger partial charge on any atom is 0.418 e. The average Bonchev–Trinajstić information content (AvgIpc) is 3.46. The lowest BCUT2D eigenvalue weighted by atomic mass is 10.1. The fourth-order valence-electron chi connectivity index (χ4n) is 2.77. The van der Waals surface area contributed by atoms with Crippen LogP contribution in [-0.4, -0.2) is 20.8 Å². The Morgan fingerprint density at radius 1 is 1.00 bits per heavy atom. The third-order valence-electron chi connectivity index (χ3n) is 4.22. The van der Waals surface area contributed by atoms with Gasteiger partial charge in [0.15, 0.2) is 11.5 Å². The van der Waals surface area contributed by atoms with Crippen molar-refractivity contribution < 1.29 is 40.1 Å². The molecule has 13 heteroatoms. The minimum absolute atomic E-state index is 0.000818. The van der Waals surface area contributed by atoms with E-state index in [1.807, 2.05) is 0 Å². The summed E-state index contributed by atoms with van der Waals surface area (Å²) in [4.78, 5) is 12.3. The number of hydrogen-bond acceptors (Lipinski definition) is 5. The molecule has 0 bridgehead atoms. The second-order valence-corrected chi connectivity index (χ2v) is 6.41. The van der Waals surface area contributed by atoms with Crippen LogP contribution in [0.3, 0.4) is 0 Å². The van der Waals surface area contributed by atoms with E-state index in [2.05, 4.69) is 15.6 Å². The van der Waals surface area contributed by atoms with Gasteiger partial charge in [0.1, 0.15) is 0 Å². The summed E-state index contributed by atoms with van der Waals surface area (Å²) >= 11 is 0. The minimum Gasteiger partial charge on any atom is -0.461 e. The summed E-state index contributed by atoms with van der Waals surface area (Å²) in [6, 6.07) is 5.63. The first-order valence-corrected chi connectivity index (χ1v) is 8.68. The lowest BCUT2D eigenvalue weighted by Crippen LogP contribution is -2.15. The molecule has 0 saturated carbocycles. The van der Waals surface area contributed by atoms with E-state index in [0.717, 1.165) is 12.4 Å². The Morgan fingerprint density at radius 3 is 2.44 bits per heavy atom. The first kappa shape index (κ1) is 21.2. The van der Waals surface area contributed by atoms with Crippen LogP contribution in [0.15, 0.2) is 64.0 Å². The van der Waals surface area contributed by atoms with Gasteiger partial charge in [-0.1, -0.05) is 5.16 Å². The zero-order valence-corrected chi connectivity index (χ0v) is 15.5. The molecule has 166 valence electrons. The van der Waals surface area contributed by atoms with Crippen molar-refractivity contribution >= 4 is 11.6 Å². The molecule has 3 aromatic heterocycles. The number of carbonyl (C=O) groups is 1. The molecule has 0 atom stereocenters. The van der Waals surface area contributed by atoms with Gasteiger partial charge >= 0.3 is 12.4 Å². The SMILES string of the molecule is O=C(Nc1cnn(-c2ccc(C(F)(F)F)cc2C(F)(F)F)c1)c1cc(-c2ccco2)on1. The Balaban J connectivity index is 1.58. The van der Waals surface area contributed by atoms with Gasteiger partial charge < -0.3 is 14.3 Å². The number of nitrogens with zero attached hydrogens (tertiary/aromatic N) is 3. The van der Waals surface area contributed by atoms with E-state index in [4.69, 9.17) is 8.94 Å². The molecular formula is C19H10F6N4O3. The van der Waals surface area contributed by atoms with Crippen LogP contribution in [0, 0.1) is 0 Å². The molecule has 0 fully saturated rings. The summed E-state index contributed by atoms with van der Waals surface area (Å²) in [6.07, 6.45) is -6.59. The summed E-state index contributed by atoms with van der Waals surface area (Å²) in [7, 11) is 0. The van der Waals surface area contributed by atoms with E-state index in [9.17, 15) is 31.1 Å². The predicted octanol–water partition coefficient (Wildman–Crippen LogP) is 5.41. The second kappa shape index (κ2) is 7.59. The Labute approximate surface area is 174 Å². The van der Waals surface area contributed by atoms with E-state index in [-0.39, 0.29) is 23.2 Å². The van der Waals surface area contributed by atoms with Gasteiger partial charge in [-0.2, -0.15) is 31.4 Å². The zero-order valence-electron chi connectivity index (χ0n) is 15.5. The lowest BCUT2D eigenvalue weighted by Gasteiger charge is -2.15. The highest BCUT2D eigenvalue weighted by Crippen LogP contribution is 2.38. The quantitative estimate of drug-likeness (QED) is 0.415.